The van der Waals surface area contributed by atoms with Crippen LogP contribution in [0.3, 0.4) is 0 Å². The number of ketones is 1. The number of anilines is 1. The first-order valence-electron chi connectivity index (χ1n) is 13.3. The number of pyridine rings is 1. The van der Waals surface area contributed by atoms with Crippen LogP contribution >= 0.6 is 0 Å². The van der Waals surface area contributed by atoms with Crippen LogP contribution in [0.25, 0.3) is 16.8 Å². The number of piperidine rings is 1. The molecule has 4 aromatic heterocycles. The van der Waals surface area contributed by atoms with E-state index < -0.39 is 0 Å². The minimum Gasteiger partial charge on any atom is -0.383 e. The second-order valence-electron chi connectivity index (χ2n) is 10.3. The van der Waals surface area contributed by atoms with Crippen LogP contribution in [0.2, 0.25) is 0 Å². The number of fused-ring (bicyclic) bond motifs is 3. The lowest BCUT2D eigenvalue weighted by Gasteiger charge is -2.38. The van der Waals surface area contributed by atoms with Crippen LogP contribution in [0.15, 0.2) is 30.9 Å². The number of rotatable bonds is 9. The number of aromatic amines is 1. The van der Waals surface area contributed by atoms with Crippen LogP contribution in [-0.2, 0) is 16.1 Å². The Morgan fingerprint density at radius 1 is 1.15 bits per heavy atom. The molecule has 4 aromatic rings. The van der Waals surface area contributed by atoms with Gasteiger partial charge in [-0.05, 0) is 38.7 Å². The number of carbonyl (C=O) groups is 2. The molecule has 2 aliphatic rings. The lowest BCUT2D eigenvalue weighted by Crippen LogP contribution is -2.46. The minimum atomic E-state index is -0.161. The summed E-state index contributed by atoms with van der Waals surface area (Å²) in [4.78, 5) is 40.3. The van der Waals surface area contributed by atoms with Crippen molar-refractivity contribution in [2.75, 3.05) is 26.1 Å². The fraction of sp³-hybridized carbons (Fsp3) is 0.444. The first kappa shape index (κ1) is 26.0. The third-order valence-electron chi connectivity index (χ3n) is 7.85. The van der Waals surface area contributed by atoms with E-state index in [1.807, 2.05) is 17.0 Å². The molecule has 3 atom stereocenters. The van der Waals surface area contributed by atoms with Gasteiger partial charge < -0.3 is 25.1 Å². The van der Waals surface area contributed by atoms with Crippen molar-refractivity contribution in [3.63, 3.8) is 0 Å². The second-order valence-corrected chi connectivity index (χ2v) is 10.3. The number of Topliss-reactive ketones (excluding diaryl/α,β-unsaturated/α-hetero) is 1. The van der Waals surface area contributed by atoms with E-state index in [0.717, 1.165) is 29.7 Å². The van der Waals surface area contributed by atoms with Crippen molar-refractivity contribution >= 4 is 23.2 Å². The minimum absolute atomic E-state index is 0.0210. The van der Waals surface area contributed by atoms with Crippen LogP contribution in [0.4, 0.5) is 5.82 Å². The topological polar surface area (TPSA) is 167 Å². The molecule has 2 bridgehead atoms. The quantitative estimate of drug-likeness (QED) is 0.235. The van der Waals surface area contributed by atoms with E-state index >= 15 is 0 Å². The van der Waals surface area contributed by atoms with Gasteiger partial charge >= 0.3 is 0 Å². The maximum absolute atomic E-state index is 13.1. The molecule has 208 valence electrons. The van der Waals surface area contributed by atoms with Gasteiger partial charge in [0, 0.05) is 42.4 Å². The molecule has 13 nitrogen and oxygen atoms in total. The maximum Gasteiger partial charge on any atom is 0.292 e. The van der Waals surface area contributed by atoms with Gasteiger partial charge in [-0.25, -0.2) is 4.98 Å². The summed E-state index contributed by atoms with van der Waals surface area (Å²) in [6, 6.07) is 3.89. The number of nitrogens with two attached hydrogens (primary N) is 1. The number of ether oxygens (including phenoxy) is 2. The third-order valence-corrected chi connectivity index (χ3v) is 7.85. The molecule has 1 amide bonds. The van der Waals surface area contributed by atoms with Crippen molar-refractivity contribution in [3.05, 3.63) is 53.6 Å². The molecule has 0 saturated carbocycles. The number of hydrogen-bond acceptors (Lipinski definition) is 10. The van der Waals surface area contributed by atoms with Crippen molar-refractivity contribution < 1.29 is 19.1 Å². The predicted molar refractivity (Wildman–Crippen MR) is 144 cm³/mol. The van der Waals surface area contributed by atoms with Crippen LogP contribution in [0.1, 0.15) is 70.9 Å². The van der Waals surface area contributed by atoms with Gasteiger partial charge in [0.2, 0.25) is 5.82 Å². The number of carbonyl (C=O) groups excluding carboxylic acids is 2. The highest BCUT2D eigenvalue weighted by Gasteiger charge is 2.45. The van der Waals surface area contributed by atoms with Gasteiger partial charge in [0.25, 0.3) is 5.91 Å². The number of H-pyrrole nitrogens is 1. The highest BCUT2D eigenvalue weighted by atomic mass is 16.5. The zero-order valence-electron chi connectivity index (χ0n) is 22.4. The molecule has 0 aliphatic carbocycles. The zero-order valence-corrected chi connectivity index (χ0v) is 22.4. The van der Waals surface area contributed by atoms with Crippen LogP contribution in [-0.4, -0.2) is 83.8 Å². The van der Waals surface area contributed by atoms with E-state index in [-0.39, 0.29) is 41.3 Å². The summed E-state index contributed by atoms with van der Waals surface area (Å²) in [6.07, 6.45) is 8.01. The molecule has 2 fully saturated rings. The highest BCUT2D eigenvalue weighted by molar-refractivity contribution is 6.00. The van der Waals surface area contributed by atoms with E-state index in [1.54, 1.807) is 19.5 Å². The number of nitrogens with zero attached hydrogens (tertiary/aromatic N) is 7. The van der Waals surface area contributed by atoms with E-state index in [1.165, 1.54) is 17.8 Å². The molecule has 6 rings (SSSR count). The molecular formula is C27H31N9O4. The Morgan fingerprint density at radius 3 is 2.60 bits per heavy atom. The summed E-state index contributed by atoms with van der Waals surface area (Å²) in [7, 11) is 1.63. The Labute approximate surface area is 230 Å². The molecule has 2 aliphatic heterocycles. The van der Waals surface area contributed by atoms with Gasteiger partial charge in [-0.2, -0.15) is 9.61 Å². The molecular weight excluding hydrogens is 514 g/mol. The highest BCUT2D eigenvalue weighted by Crippen LogP contribution is 2.45. The van der Waals surface area contributed by atoms with E-state index in [2.05, 4.69) is 25.3 Å². The van der Waals surface area contributed by atoms with Gasteiger partial charge in [-0.15, -0.1) is 10.2 Å². The largest absolute Gasteiger partial charge is 0.383 e. The number of aromatic nitrogens is 7. The van der Waals surface area contributed by atoms with Crippen LogP contribution < -0.4 is 5.73 Å². The molecule has 40 heavy (non-hydrogen) atoms. The first-order valence-corrected chi connectivity index (χ1v) is 13.3. The van der Waals surface area contributed by atoms with Crippen molar-refractivity contribution in [2.24, 2.45) is 0 Å². The van der Waals surface area contributed by atoms with Crippen molar-refractivity contribution in [1.82, 2.24) is 39.7 Å². The average Bonchev–Trinajstić information content (AvgIpc) is 3.69. The molecule has 0 unspecified atom stereocenters. The van der Waals surface area contributed by atoms with Gasteiger partial charge in [0.05, 0.1) is 43.0 Å². The third kappa shape index (κ3) is 4.60. The SMILES string of the molecule is COCCOCc1ccc(-c2cnn3c(N)c(C(C)=O)c([C@@H]4C[C@H]5CC[C@@H](C4)N5C(=O)c4nnc[nH]4)nc23)cn1. The summed E-state index contributed by atoms with van der Waals surface area (Å²) < 4.78 is 12.1. The Morgan fingerprint density at radius 2 is 1.95 bits per heavy atom. The van der Waals surface area contributed by atoms with E-state index in [4.69, 9.17) is 20.2 Å². The summed E-state index contributed by atoms with van der Waals surface area (Å²) in [6.45, 7) is 2.90. The van der Waals surface area contributed by atoms with Gasteiger partial charge in [0.15, 0.2) is 11.4 Å². The lowest BCUT2D eigenvalue weighted by atomic mass is 9.85. The monoisotopic (exact) mass is 545 g/mol. The maximum atomic E-state index is 13.1. The molecule has 3 N–H and O–H groups in total. The average molecular weight is 546 g/mol. The standard InChI is InChI=1S/C27H31N9O4/c1-15(37)22-23(17-9-19-5-6-20(10-17)35(19)27(38)25-30-14-31-34-25)33-26-21(12-32-36(26)24(22)28)16-3-4-18(29-11-16)13-40-8-7-39-2/h3-4,11-12,14,17,19-20H,5-10,13,28H2,1-2H3,(H,30,31,34)/t17-,19-,20+. The van der Waals surface area contributed by atoms with Crippen molar-refractivity contribution in [3.8, 4) is 11.1 Å². The van der Waals surface area contributed by atoms with Gasteiger partial charge in [-0.3, -0.25) is 14.6 Å². The first-order chi connectivity index (χ1) is 19.5. The Kier molecular flexibility index (Phi) is 6.98. The number of methoxy groups -OCH3 is 1. The summed E-state index contributed by atoms with van der Waals surface area (Å²) in [5.41, 5.74) is 10.6. The van der Waals surface area contributed by atoms with Gasteiger partial charge in [-0.1, -0.05) is 6.07 Å². The molecule has 0 spiro atoms. The van der Waals surface area contributed by atoms with E-state index in [0.29, 0.717) is 49.6 Å². The van der Waals surface area contributed by atoms with Crippen molar-refractivity contribution in [2.45, 2.75) is 57.2 Å². The van der Waals surface area contributed by atoms with Crippen LogP contribution in [0.5, 0.6) is 0 Å². The number of nitrogens with one attached hydrogen (secondary N) is 1. The Hall–Kier alpha value is -4.23. The molecule has 0 radical (unpaired) electrons. The lowest BCUT2D eigenvalue weighted by molar-refractivity contribution is 0.0556. The molecule has 13 heteroatoms. The number of amides is 1. The normalized spacial score (nSPS) is 20.4. The summed E-state index contributed by atoms with van der Waals surface area (Å²) in [5, 5.41) is 12.1. The molecule has 0 aromatic carbocycles. The fourth-order valence-electron chi connectivity index (χ4n) is 6.05. The summed E-state index contributed by atoms with van der Waals surface area (Å²) >= 11 is 0. The van der Waals surface area contributed by atoms with Crippen molar-refractivity contribution in [1.29, 1.82) is 0 Å². The molecule has 6 heterocycles. The Bertz CT molecular complexity index is 1520. The van der Waals surface area contributed by atoms with Gasteiger partial charge in [0.1, 0.15) is 12.1 Å². The predicted octanol–water partition coefficient (Wildman–Crippen LogP) is 2.41. The van der Waals surface area contributed by atoms with Crippen LogP contribution in [0, 0.1) is 0 Å². The van der Waals surface area contributed by atoms with E-state index in [9.17, 15) is 9.59 Å². The smallest absolute Gasteiger partial charge is 0.292 e. The summed E-state index contributed by atoms with van der Waals surface area (Å²) in [5.74, 6) is 0.174. The number of nitrogen functional groups attached to an aromatic ring is 1. The second kappa shape index (κ2) is 10.7. The zero-order chi connectivity index (χ0) is 27.8. The fourth-order valence-corrected chi connectivity index (χ4v) is 6.05. The Balaban J connectivity index is 1.31. The molecule has 2 saturated heterocycles. The number of hydrogen-bond donors (Lipinski definition) is 2.